The summed E-state index contributed by atoms with van der Waals surface area (Å²) in [6.45, 7) is 6.03. The van der Waals surface area contributed by atoms with Crippen LogP contribution in [0.4, 0.5) is 10.5 Å². The summed E-state index contributed by atoms with van der Waals surface area (Å²) >= 11 is 6.14. The Kier molecular flexibility index (Phi) is 8.72. The van der Waals surface area contributed by atoms with Crippen molar-refractivity contribution in [2.75, 3.05) is 38.2 Å². The summed E-state index contributed by atoms with van der Waals surface area (Å²) in [6, 6.07) is 17.3. The molecule has 2 fully saturated rings. The maximum Gasteiger partial charge on any atom is 0.414 e. The molecule has 2 amide bonds. The van der Waals surface area contributed by atoms with E-state index in [4.69, 9.17) is 25.8 Å². The third-order valence-electron chi connectivity index (χ3n) is 8.54. The molecule has 3 aromatic rings. The van der Waals surface area contributed by atoms with Crippen LogP contribution >= 0.6 is 11.6 Å². The maximum atomic E-state index is 13.5. The molecule has 3 aliphatic heterocycles. The number of likely N-dealkylation sites (tertiary alicyclic amines) is 2. The topological polar surface area (TPSA) is 84.4 Å². The number of rotatable bonds is 7. The number of halogens is 1. The first-order valence-corrected chi connectivity index (χ1v) is 15.3. The van der Waals surface area contributed by atoms with Crippen LogP contribution in [-0.2, 0) is 17.9 Å². The number of ether oxygens (including phenoxy) is 3. The minimum Gasteiger partial charge on any atom is -0.496 e. The first kappa shape index (κ1) is 29.3. The van der Waals surface area contributed by atoms with Crippen molar-refractivity contribution < 1.29 is 23.8 Å². The Morgan fingerprint density at radius 3 is 2.53 bits per heavy atom. The van der Waals surface area contributed by atoms with Crippen molar-refractivity contribution in [1.82, 2.24) is 14.8 Å². The van der Waals surface area contributed by atoms with Crippen molar-refractivity contribution in [1.29, 1.82) is 0 Å². The van der Waals surface area contributed by atoms with Crippen LogP contribution < -0.4 is 14.4 Å². The van der Waals surface area contributed by atoms with E-state index in [-0.39, 0.29) is 24.1 Å². The van der Waals surface area contributed by atoms with Gasteiger partial charge in [0.25, 0.3) is 5.91 Å². The van der Waals surface area contributed by atoms with Gasteiger partial charge in [0, 0.05) is 56.1 Å². The Morgan fingerprint density at radius 2 is 1.79 bits per heavy atom. The highest BCUT2D eigenvalue weighted by atomic mass is 35.5. The first-order chi connectivity index (χ1) is 20.9. The van der Waals surface area contributed by atoms with Gasteiger partial charge in [-0.25, -0.2) is 9.78 Å². The number of hydrogen-bond donors (Lipinski definition) is 0. The van der Waals surface area contributed by atoms with E-state index in [1.807, 2.05) is 54.3 Å². The molecule has 6 rings (SSSR count). The molecule has 0 spiro atoms. The van der Waals surface area contributed by atoms with Crippen molar-refractivity contribution in [3.8, 4) is 11.5 Å². The minimum absolute atomic E-state index is 0.0197. The number of nitrogens with zero attached hydrogens (tertiary/aromatic N) is 4. The monoisotopic (exact) mass is 604 g/mol. The van der Waals surface area contributed by atoms with Gasteiger partial charge in [-0.05, 0) is 68.5 Å². The summed E-state index contributed by atoms with van der Waals surface area (Å²) in [5.74, 6) is 1.12. The zero-order chi connectivity index (χ0) is 29.9. The van der Waals surface area contributed by atoms with E-state index in [1.54, 1.807) is 18.1 Å². The van der Waals surface area contributed by atoms with Gasteiger partial charge in [0.2, 0.25) is 0 Å². The zero-order valence-electron chi connectivity index (χ0n) is 24.6. The molecule has 0 atom stereocenters. The van der Waals surface area contributed by atoms with Gasteiger partial charge in [0.15, 0.2) is 0 Å². The lowest BCUT2D eigenvalue weighted by Crippen LogP contribution is -2.50. The van der Waals surface area contributed by atoms with E-state index in [9.17, 15) is 9.59 Å². The standard InChI is InChI=1S/C33H37ClN4O5/c1-22-17-23(18-31(34)35-22)20-36-13-11-26(12-14-36)43-27-7-8-28(30(19-27)41-2)32(39)37-15-9-25(10-16-37)38-29-6-4-3-5-24(29)21-42-33(38)40/h3-8,17-19,25-26H,9-16,20-21H2,1-2H3. The van der Waals surface area contributed by atoms with Crippen molar-refractivity contribution in [2.45, 2.75) is 57.9 Å². The number of methoxy groups -OCH3 is 1. The molecule has 0 N–H and O–H groups in total. The van der Waals surface area contributed by atoms with Gasteiger partial charge in [-0.3, -0.25) is 14.6 Å². The predicted molar refractivity (Wildman–Crippen MR) is 164 cm³/mol. The number of para-hydroxylation sites is 1. The Bertz CT molecular complexity index is 1460. The van der Waals surface area contributed by atoms with Gasteiger partial charge in [0.05, 0.1) is 18.4 Å². The first-order valence-electron chi connectivity index (χ1n) is 14.9. The average molecular weight is 605 g/mol. The molecule has 0 saturated carbocycles. The second kappa shape index (κ2) is 12.8. The lowest BCUT2D eigenvalue weighted by atomic mass is 10.00. The van der Waals surface area contributed by atoms with E-state index >= 15 is 0 Å². The fourth-order valence-corrected chi connectivity index (χ4v) is 6.64. The van der Waals surface area contributed by atoms with Crippen LogP contribution in [0.15, 0.2) is 54.6 Å². The number of carbonyl (C=O) groups excluding carboxylic acids is 2. The van der Waals surface area contributed by atoms with Crippen LogP contribution in [0, 0.1) is 6.92 Å². The van der Waals surface area contributed by atoms with Gasteiger partial charge >= 0.3 is 6.09 Å². The van der Waals surface area contributed by atoms with Crippen LogP contribution in [0.5, 0.6) is 11.5 Å². The summed E-state index contributed by atoms with van der Waals surface area (Å²) in [4.78, 5) is 36.4. The highest BCUT2D eigenvalue weighted by Crippen LogP contribution is 2.33. The smallest absolute Gasteiger partial charge is 0.414 e. The molecule has 43 heavy (non-hydrogen) atoms. The van der Waals surface area contributed by atoms with Gasteiger partial charge in [-0.15, -0.1) is 0 Å². The number of amides is 2. The van der Waals surface area contributed by atoms with E-state index in [2.05, 4.69) is 16.0 Å². The SMILES string of the molecule is COc1cc(OC2CCN(Cc3cc(C)nc(Cl)c3)CC2)ccc1C(=O)N1CCC(N2C(=O)OCc3ccccc32)CC1. The fourth-order valence-electron chi connectivity index (χ4n) is 6.36. The van der Waals surface area contributed by atoms with Gasteiger partial charge < -0.3 is 19.1 Å². The van der Waals surface area contributed by atoms with Crippen LogP contribution in [-0.4, -0.2) is 72.2 Å². The van der Waals surface area contributed by atoms with Crippen LogP contribution in [0.3, 0.4) is 0 Å². The number of aromatic nitrogens is 1. The van der Waals surface area contributed by atoms with E-state index < -0.39 is 0 Å². The molecule has 226 valence electrons. The van der Waals surface area contributed by atoms with Crippen molar-refractivity contribution >= 4 is 29.3 Å². The normalized spacial score (nSPS) is 18.3. The van der Waals surface area contributed by atoms with E-state index in [1.165, 1.54) is 5.56 Å². The average Bonchev–Trinajstić information content (AvgIpc) is 3.01. The molecule has 2 aromatic carbocycles. The third-order valence-corrected chi connectivity index (χ3v) is 8.74. The fraction of sp³-hybridized carbons (Fsp3) is 0.424. The quantitative estimate of drug-likeness (QED) is 0.313. The number of fused-ring (bicyclic) bond motifs is 1. The Morgan fingerprint density at radius 1 is 1.02 bits per heavy atom. The van der Waals surface area contributed by atoms with E-state index in [0.717, 1.165) is 49.4 Å². The lowest BCUT2D eigenvalue weighted by molar-refractivity contribution is 0.0704. The number of aryl methyl sites for hydroxylation is 1. The summed E-state index contributed by atoms with van der Waals surface area (Å²) < 4.78 is 17.4. The van der Waals surface area contributed by atoms with Gasteiger partial charge in [0.1, 0.15) is 29.4 Å². The van der Waals surface area contributed by atoms with Crippen molar-refractivity contribution in [3.05, 3.63) is 82.1 Å². The largest absolute Gasteiger partial charge is 0.496 e. The molecule has 1 aromatic heterocycles. The molecular weight excluding hydrogens is 568 g/mol. The molecule has 0 bridgehead atoms. The predicted octanol–water partition coefficient (Wildman–Crippen LogP) is 5.86. The number of carbonyl (C=O) groups is 2. The molecule has 2 saturated heterocycles. The number of pyridine rings is 1. The Labute approximate surface area is 257 Å². The van der Waals surface area contributed by atoms with E-state index in [0.29, 0.717) is 54.8 Å². The van der Waals surface area contributed by atoms with Crippen LogP contribution in [0.2, 0.25) is 5.15 Å². The minimum atomic E-state index is -0.319. The zero-order valence-corrected chi connectivity index (χ0v) is 25.4. The highest BCUT2D eigenvalue weighted by molar-refractivity contribution is 6.29. The summed E-state index contributed by atoms with van der Waals surface area (Å²) in [5, 5.41) is 0.531. The number of cyclic esters (lactones) is 1. The van der Waals surface area contributed by atoms with Crippen molar-refractivity contribution in [2.24, 2.45) is 0 Å². The van der Waals surface area contributed by atoms with Crippen LogP contribution in [0.25, 0.3) is 0 Å². The summed E-state index contributed by atoms with van der Waals surface area (Å²) in [6.07, 6.45) is 2.93. The molecule has 0 aliphatic carbocycles. The van der Waals surface area contributed by atoms with Crippen molar-refractivity contribution in [3.63, 3.8) is 0 Å². The highest BCUT2D eigenvalue weighted by Gasteiger charge is 2.35. The number of piperidine rings is 2. The second-order valence-electron chi connectivity index (χ2n) is 11.5. The van der Waals surface area contributed by atoms with Gasteiger partial charge in [-0.2, -0.15) is 0 Å². The van der Waals surface area contributed by atoms with Gasteiger partial charge in [-0.1, -0.05) is 29.8 Å². The molecule has 4 heterocycles. The van der Waals surface area contributed by atoms with Crippen LogP contribution in [0.1, 0.15) is 52.9 Å². The molecule has 3 aliphatic rings. The second-order valence-corrected chi connectivity index (χ2v) is 11.9. The molecular formula is C33H37ClN4O5. The number of anilines is 1. The Hall–Kier alpha value is -3.82. The number of benzene rings is 2. The molecule has 10 heteroatoms. The lowest BCUT2D eigenvalue weighted by Gasteiger charge is -2.40. The molecule has 0 radical (unpaired) electrons. The third kappa shape index (κ3) is 6.58. The summed E-state index contributed by atoms with van der Waals surface area (Å²) in [7, 11) is 1.58. The maximum absolute atomic E-state index is 13.5. The number of hydrogen-bond acceptors (Lipinski definition) is 7. The molecule has 0 unspecified atom stereocenters. The molecule has 9 nitrogen and oxygen atoms in total. The Balaban J connectivity index is 1.03. The summed E-state index contributed by atoms with van der Waals surface area (Å²) in [5.41, 5.74) is 4.52.